The van der Waals surface area contributed by atoms with Crippen LogP contribution in [0.2, 0.25) is 0 Å². The lowest BCUT2D eigenvalue weighted by Gasteiger charge is -2.02. The van der Waals surface area contributed by atoms with Gasteiger partial charge in [-0.05, 0) is 13.3 Å². The molecule has 0 fully saturated rings. The number of aryl methyl sites for hydroxylation is 1. The van der Waals surface area contributed by atoms with E-state index in [4.69, 9.17) is 12.2 Å². The number of nitrogens with zero attached hydrogens (tertiary/aromatic N) is 3. The summed E-state index contributed by atoms with van der Waals surface area (Å²) in [5, 5.41) is 6.68. The smallest absolute Gasteiger partial charge is 0.230 e. The first-order valence-corrected chi connectivity index (χ1v) is 4.56. The molecule has 4 nitrogen and oxygen atoms in total. The summed E-state index contributed by atoms with van der Waals surface area (Å²) in [7, 11) is 0. The largest absolute Gasteiger partial charge is 0.257 e. The Morgan fingerprint density at radius 1 is 1.62 bits per heavy atom. The van der Waals surface area contributed by atoms with Gasteiger partial charge in [-0.3, -0.25) is 4.40 Å². The molecule has 1 N–H and O–H groups in total. The van der Waals surface area contributed by atoms with Crippen molar-refractivity contribution in [3.05, 3.63) is 22.2 Å². The van der Waals surface area contributed by atoms with E-state index in [0.717, 1.165) is 22.3 Å². The fourth-order valence-electron chi connectivity index (χ4n) is 1.41. The van der Waals surface area contributed by atoms with E-state index < -0.39 is 0 Å². The highest BCUT2D eigenvalue weighted by molar-refractivity contribution is 7.71. The molecule has 0 aromatic carbocycles. The normalized spacial score (nSPS) is 10.9. The molecule has 0 atom stereocenters. The Bertz CT molecular complexity index is 496. The lowest BCUT2D eigenvalue weighted by Crippen LogP contribution is -1.99. The highest BCUT2D eigenvalue weighted by Crippen LogP contribution is 2.09. The summed E-state index contributed by atoms with van der Waals surface area (Å²) in [6, 6.07) is 0. The number of fused-ring (bicyclic) bond motifs is 1. The third kappa shape index (κ3) is 1.16. The second-order valence-electron chi connectivity index (χ2n) is 2.88. The number of nitrogens with one attached hydrogen (secondary N) is 1. The van der Waals surface area contributed by atoms with Crippen molar-refractivity contribution in [3.8, 4) is 0 Å². The third-order valence-corrected chi connectivity index (χ3v) is 2.55. The van der Waals surface area contributed by atoms with Gasteiger partial charge in [0.2, 0.25) is 5.78 Å². The molecule has 2 heterocycles. The lowest BCUT2D eigenvalue weighted by molar-refractivity contribution is 0.965. The number of H-pyrrole nitrogens is 1. The quantitative estimate of drug-likeness (QED) is 0.702. The Morgan fingerprint density at radius 3 is 3.08 bits per heavy atom. The molecule has 0 aliphatic heterocycles. The molecular formula is C8H10N4S. The van der Waals surface area contributed by atoms with Crippen molar-refractivity contribution < 1.29 is 0 Å². The average molecular weight is 194 g/mol. The van der Waals surface area contributed by atoms with E-state index in [1.54, 1.807) is 10.7 Å². The summed E-state index contributed by atoms with van der Waals surface area (Å²) in [6.45, 7) is 4.04. The zero-order chi connectivity index (χ0) is 9.42. The maximum absolute atomic E-state index is 5.30. The Hall–Kier alpha value is -1.23. The Morgan fingerprint density at radius 2 is 2.38 bits per heavy atom. The summed E-state index contributed by atoms with van der Waals surface area (Å²) in [5.41, 5.74) is 2.10. The maximum Gasteiger partial charge on any atom is 0.230 e. The number of rotatable bonds is 1. The van der Waals surface area contributed by atoms with Crippen LogP contribution in [0.5, 0.6) is 0 Å². The molecule has 0 bridgehead atoms. The van der Waals surface area contributed by atoms with Crippen LogP contribution in [0.25, 0.3) is 5.78 Å². The Kier molecular flexibility index (Phi) is 1.88. The van der Waals surface area contributed by atoms with Gasteiger partial charge < -0.3 is 0 Å². The van der Waals surface area contributed by atoms with Gasteiger partial charge in [-0.25, -0.2) is 10.1 Å². The minimum Gasteiger partial charge on any atom is -0.257 e. The highest BCUT2D eigenvalue weighted by atomic mass is 32.1. The van der Waals surface area contributed by atoms with E-state index in [0.29, 0.717) is 5.78 Å². The average Bonchev–Trinajstić information content (AvgIpc) is 2.53. The molecule has 0 radical (unpaired) electrons. The van der Waals surface area contributed by atoms with E-state index in [-0.39, 0.29) is 0 Å². The summed E-state index contributed by atoms with van der Waals surface area (Å²) in [6.07, 6.45) is 2.56. The summed E-state index contributed by atoms with van der Waals surface area (Å²) in [4.78, 5) is 4.35. The van der Waals surface area contributed by atoms with Gasteiger partial charge in [0.25, 0.3) is 0 Å². The molecule has 13 heavy (non-hydrogen) atoms. The molecule has 0 amide bonds. The Labute approximate surface area is 80.6 Å². The van der Waals surface area contributed by atoms with Crippen molar-refractivity contribution in [1.82, 2.24) is 19.6 Å². The van der Waals surface area contributed by atoms with Gasteiger partial charge in [0, 0.05) is 11.3 Å². The van der Waals surface area contributed by atoms with Crippen molar-refractivity contribution in [2.45, 2.75) is 20.3 Å². The van der Waals surface area contributed by atoms with Crippen LogP contribution in [0.15, 0.2) is 6.33 Å². The first kappa shape index (κ1) is 8.37. The van der Waals surface area contributed by atoms with Crippen molar-refractivity contribution >= 4 is 18.0 Å². The third-order valence-electron chi connectivity index (χ3n) is 2.11. The van der Waals surface area contributed by atoms with Gasteiger partial charge in [-0.1, -0.05) is 19.1 Å². The van der Waals surface area contributed by atoms with Crippen LogP contribution in [0.3, 0.4) is 0 Å². The van der Waals surface area contributed by atoms with Gasteiger partial charge >= 0.3 is 0 Å². The van der Waals surface area contributed by atoms with Crippen LogP contribution in [0.1, 0.15) is 18.2 Å². The van der Waals surface area contributed by atoms with E-state index in [9.17, 15) is 0 Å². The van der Waals surface area contributed by atoms with Crippen LogP contribution in [-0.2, 0) is 6.42 Å². The maximum atomic E-state index is 5.30. The van der Waals surface area contributed by atoms with Crippen molar-refractivity contribution in [1.29, 1.82) is 0 Å². The predicted molar refractivity (Wildman–Crippen MR) is 52.3 cm³/mol. The molecule has 2 aromatic rings. The Balaban J connectivity index is 2.93. The molecule has 2 aromatic heterocycles. The minimum absolute atomic E-state index is 0.708. The van der Waals surface area contributed by atoms with Crippen LogP contribution in [-0.4, -0.2) is 19.6 Å². The molecule has 5 heteroatoms. The van der Waals surface area contributed by atoms with Gasteiger partial charge in [0.1, 0.15) is 11.0 Å². The first-order chi connectivity index (χ1) is 6.24. The zero-order valence-electron chi connectivity index (χ0n) is 7.53. The highest BCUT2D eigenvalue weighted by Gasteiger charge is 2.04. The number of aromatic amines is 1. The van der Waals surface area contributed by atoms with Crippen LogP contribution >= 0.6 is 12.2 Å². The molecule has 0 aliphatic rings. The summed E-state index contributed by atoms with van der Waals surface area (Å²) >= 11 is 5.30. The number of aromatic nitrogens is 4. The summed E-state index contributed by atoms with van der Waals surface area (Å²) < 4.78 is 2.60. The van der Waals surface area contributed by atoms with Crippen molar-refractivity contribution in [2.24, 2.45) is 0 Å². The molecule has 0 saturated carbocycles. The first-order valence-electron chi connectivity index (χ1n) is 4.15. The predicted octanol–water partition coefficient (Wildman–Crippen LogP) is 1.66. The zero-order valence-corrected chi connectivity index (χ0v) is 8.35. The van der Waals surface area contributed by atoms with Crippen molar-refractivity contribution in [2.75, 3.05) is 0 Å². The standard InChI is InChI=1S/C8H10N4S/c1-3-6-5(2)10-8-11-9-4-12(8)7(6)13/h4H,3H2,1-2H3,(H,10,11). The second kappa shape index (κ2) is 2.92. The lowest BCUT2D eigenvalue weighted by atomic mass is 10.2. The van der Waals surface area contributed by atoms with Crippen LogP contribution < -0.4 is 0 Å². The number of hydrogen-bond acceptors (Lipinski definition) is 3. The molecule has 0 saturated heterocycles. The van der Waals surface area contributed by atoms with E-state index >= 15 is 0 Å². The number of hydrogen-bond donors (Lipinski definition) is 1. The van der Waals surface area contributed by atoms with Gasteiger partial charge in [-0.15, -0.1) is 0 Å². The summed E-state index contributed by atoms with van der Waals surface area (Å²) in [5.74, 6) is 0.708. The second-order valence-corrected chi connectivity index (χ2v) is 3.27. The molecule has 0 unspecified atom stereocenters. The monoisotopic (exact) mass is 194 g/mol. The van der Waals surface area contributed by atoms with Gasteiger partial charge in [-0.2, -0.15) is 5.10 Å². The van der Waals surface area contributed by atoms with Gasteiger partial charge in [0.05, 0.1) is 0 Å². The van der Waals surface area contributed by atoms with Crippen molar-refractivity contribution in [3.63, 3.8) is 0 Å². The van der Waals surface area contributed by atoms with Gasteiger partial charge in [0.15, 0.2) is 0 Å². The fraction of sp³-hybridized carbons (Fsp3) is 0.375. The van der Waals surface area contributed by atoms with E-state index in [2.05, 4.69) is 22.1 Å². The molecule has 0 spiro atoms. The molecular weight excluding hydrogens is 184 g/mol. The molecule has 0 aliphatic carbocycles. The topological polar surface area (TPSA) is 46.0 Å². The molecule has 2 rings (SSSR count). The molecule has 68 valence electrons. The SMILES string of the molecule is CCc1c(C)nc2[nH]ncn2c1=S. The van der Waals surface area contributed by atoms with E-state index in [1.807, 2.05) is 6.92 Å². The van der Waals surface area contributed by atoms with E-state index in [1.165, 1.54) is 0 Å². The van der Waals surface area contributed by atoms with Crippen LogP contribution in [0.4, 0.5) is 0 Å². The minimum atomic E-state index is 0.708. The fourth-order valence-corrected chi connectivity index (χ4v) is 1.84. The van der Waals surface area contributed by atoms with Crippen LogP contribution in [0, 0.1) is 11.6 Å².